The zero-order valence-corrected chi connectivity index (χ0v) is 57.4. The van der Waals surface area contributed by atoms with Crippen LogP contribution in [0.1, 0.15) is 64.1 Å². The van der Waals surface area contributed by atoms with E-state index in [9.17, 15) is 43.9 Å². The zero-order chi connectivity index (χ0) is 68.1. The summed E-state index contributed by atoms with van der Waals surface area (Å²) in [5.41, 5.74) is 6.52. The minimum Gasteiger partial charge on any atom is -0.573 e. The van der Waals surface area contributed by atoms with Gasteiger partial charge in [-0.2, -0.15) is 38.5 Å². The van der Waals surface area contributed by atoms with Crippen molar-refractivity contribution in [3.05, 3.63) is 290 Å². The zero-order valence-electron chi connectivity index (χ0n) is 52.6. The van der Waals surface area contributed by atoms with Gasteiger partial charge < -0.3 is 40.0 Å². The van der Waals surface area contributed by atoms with Gasteiger partial charge in [0.1, 0.15) is 23.0 Å². The molecule has 8 aromatic carbocycles. The maximum Gasteiger partial charge on any atom is 0.431 e. The number of fused-ring (bicyclic) bond motifs is 2. The number of para-hydroxylation sites is 2. The molecule has 0 amide bonds. The number of alkyl halides is 6. The monoisotopic (exact) mass is 1690 g/mol. The Balaban J connectivity index is 0.000000155. The molecule has 12 aromatic rings. The van der Waals surface area contributed by atoms with Gasteiger partial charge in [0, 0.05) is 85.4 Å². The molecule has 0 saturated heterocycles. The molecule has 98 heavy (non-hydrogen) atoms. The molecule has 506 valence electrons. The first-order valence-electron chi connectivity index (χ1n) is 29.5. The predicted octanol–water partition coefficient (Wildman–Crippen LogP) is 18.2. The van der Waals surface area contributed by atoms with Gasteiger partial charge in [0.15, 0.2) is 0 Å². The molecule has 0 atom stereocenters. The summed E-state index contributed by atoms with van der Waals surface area (Å²) in [5.74, 6) is -0.428. The molecule has 0 fully saturated rings. The molecule has 2 aliphatic rings. The Morgan fingerprint density at radius 3 is 1.06 bits per heavy atom. The second kappa shape index (κ2) is 30.3. The summed E-state index contributed by atoms with van der Waals surface area (Å²) >= 11 is 0. The molecule has 0 unspecified atom stereocenters. The fraction of sp³-hybridized carbons (Fsp3) is 0.135. The van der Waals surface area contributed by atoms with Crippen LogP contribution in [-0.4, -0.2) is 30.1 Å². The van der Waals surface area contributed by atoms with Gasteiger partial charge in [0.2, 0.25) is 0 Å². The summed E-state index contributed by atoms with van der Waals surface area (Å²) in [7, 11) is 0. The van der Waals surface area contributed by atoms with Gasteiger partial charge in [-0.05, 0) is 108 Å². The van der Waals surface area contributed by atoms with Gasteiger partial charge in [-0.15, -0.1) is 132 Å². The number of halogens is 10. The number of nitrogens with zero attached hydrogens (tertiary/aromatic N) is 12. The Kier molecular flexibility index (Phi) is 22.4. The van der Waals surface area contributed by atoms with Crippen LogP contribution in [0.4, 0.5) is 66.7 Å². The van der Waals surface area contributed by atoms with Gasteiger partial charge >= 0.3 is 12.4 Å². The molecular weight excluding hydrogens is 1630 g/mol. The number of benzene rings is 8. The Bertz CT molecular complexity index is 4300. The predicted molar refractivity (Wildman–Crippen MR) is 348 cm³/mol. The summed E-state index contributed by atoms with van der Waals surface area (Å²) in [5, 5.41) is 15.2. The minimum atomic E-state index is -4.56. The largest absolute Gasteiger partial charge is 0.573 e. The number of aromatic nitrogens is 8. The van der Waals surface area contributed by atoms with E-state index in [1.54, 1.807) is 72.8 Å². The van der Waals surface area contributed by atoms with Gasteiger partial charge in [0.25, 0.3) is 0 Å². The standard InChI is InChI=1S/2C22H17F3N4.2C15H10F2N2.2Ir/c2*1-21(2,3)14-10-8-13(9-11-14)20-26-16-7-5-4-6-15(16)19(27-20)17-12-18(29-28-17)22(23,24)25;2*16-12-1-5-14(6-2-12)18-9-10-19(11-18)15-7-3-13(17)4-8-15;;/h2*4-8,10-12H,1-3H3;2*1-7,9-11H;;/q4*-2;;. The number of rotatable bonds is 8. The van der Waals surface area contributed by atoms with Crippen molar-refractivity contribution in [1.29, 1.82) is 0 Å². The van der Waals surface area contributed by atoms with Crippen molar-refractivity contribution in [2.45, 2.75) is 64.7 Å². The molecule has 4 aromatic heterocycles. The van der Waals surface area contributed by atoms with Gasteiger partial charge in [-0.25, -0.2) is 8.78 Å². The van der Waals surface area contributed by atoms with Crippen LogP contribution in [0.2, 0.25) is 0 Å². The van der Waals surface area contributed by atoms with Crippen molar-refractivity contribution in [2.75, 3.05) is 19.6 Å². The van der Waals surface area contributed by atoms with Gasteiger partial charge in [0.05, 0.1) is 22.7 Å². The third kappa shape index (κ3) is 17.6. The van der Waals surface area contributed by atoms with Crippen LogP contribution in [-0.2, 0) is 63.4 Å². The molecule has 24 heteroatoms. The summed E-state index contributed by atoms with van der Waals surface area (Å²) in [4.78, 5) is 25.5. The molecule has 14 rings (SSSR count). The van der Waals surface area contributed by atoms with Gasteiger partial charge in [-0.1, -0.05) is 89.3 Å². The quantitative estimate of drug-likeness (QED) is 0.106. The Morgan fingerprint density at radius 2 is 0.745 bits per heavy atom. The molecule has 0 aliphatic carbocycles. The van der Waals surface area contributed by atoms with E-state index in [2.05, 4.69) is 106 Å². The maximum absolute atomic E-state index is 13.0. The molecule has 2 aliphatic heterocycles. The van der Waals surface area contributed by atoms with Crippen molar-refractivity contribution >= 4 is 44.6 Å². The summed E-state index contributed by atoms with van der Waals surface area (Å²) in [6.45, 7) is 16.3. The Hall–Kier alpha value is -9.86. The first-order chi connectivity index (χ1) is 45.7. The second-order valence-corrected chi connectivity index (χ2v) is 23.7. The van der Waals surface area contributed by atoms with Crippen molar-refractivity contribution in [3.63, 3.8) is 0 Å². The smallest absolute Gasteiger partial charge is 0.431 e. The summed E-state index contributed by atoms with van der Waals surface area (Å²) in [6, 6.07) is 60.6. The van der Waals surface area contributed by atoms with Crippen LogP contribution in [0, 0.1) is 60.9 Å². The van der Waals surface area contributed by atoms with E-state index in [4.69, 9.17) is 0 Å². The van der Waals surface area contributed by atoms with E-state index >= 15 is 0 Å². The van der Waals surface area contributed by atoms with Crippen LogP contribution in [0.3, 0.4) is 0 Å². The van der Waals surface area contributed by atoms with Gasteiger partial charge in [-0.3, -0.25) is 28.7 Å². The molecule has 0 saturated carbocycles. The molecule has 0 bridgehead atoms. The van der Waals surface area contributed by atoms with E-state index in [0.717, 1.165) is 46.0 Å². The summed E-state index contributed by atoms with van der Waals surface area (Å²) < 4.78 is 129. The first kappa shape index (κ1) is 72.4. The Labute approximate surface area is 585 Å². The first-order valence-corrected chi connectivity index (χ1v) is 29.5. The Morgan fingerprint density at radius 1 is 0.388 bits per heavy atom. The van der Waals surface area contributed by atoms with Crippen LogP contribution in [0.15, 0.2) is 207 Å². The van der Waals surface area contributed by atoms with Crippen molar-refractivity contribution in [2.24, 2.45) is 0 Å². The van der Waals surface area contributed by atoms with E-state index in [1.165, 1.54) is 48.5 Å². The molecule has 0 N–H and O–H groups in total. The molecule has 6 heterocycles. The fourth-order valence-corrected chi connectivity index (χ4v) is 9.59. The SMILES string of the molecule is CC(C)(C)c1c[c-]c(-c2nc(-c3cc(C(F)(F)F)n[n-]3)c3ccccc3n2)cc1.CC(C)(C)c1c[c-]c(-c2nc(-c3cc(C(F)(F)F)n[n-]3)c3ccccc3n2)cc1.Fc1c[c-]c(N2C=CN(c3ccc(F)cc3)[CH-]2)cc1.Fc1c[c-]c(N2C=CN(c3ccc(F)cc3)[CH-]2)cc1.[Ir].[Ir]. The third-order valence-electron chi connectivity index (χ3n) is 14.8. The normalized spacial score (nSPS) is 12.9. The van der Waals surface area contributed by atoms with Crippen molar-refractivity contribution < 1.29 is 84.1 Å². The van der Waals surface area contributed by atoms with Crippen LogP contribution >= 0.6 is 0 Å². The third-order valence-corrected chi connectivity index (χ3v) is 14.8. The van der Waals surface area contributed by atoms with Crippen molar-refractivity contribution in [1.82, 2.24) is 40.3 Å². The minimum absolute atomic E-state index is 0. The second-order valence-electron chi connectivity index (χ2n) is 23.7. The molecule has 2 radical (unpaired) electrons. The number of anilines is 4. The van der Waals surface area contributed by atoms with Crippen LogP contribution in [0.25, 0.3) is 67.4 Å². The fourth-order valence-electron chi connectivity index (χ4n) is 9.59. The maximum atomic E-state index is 13.0. The number of hydrogen-bond acceptors (Lipinski definition) is 10. The molecule has 12 nitrogen and oxygen atoms in total. The van der Waals surface area contributed by atoms with Crippen LogP contribution < -0.4 is 29.8 Å². The van der Waals surface area contributed by atoms with Crippen molar-refractivity contribution in [3.8, 4) is 45.6 Å². The van der Waals surface area contributed by atoms with E-state index < -0.39 is 23.7 Å². The molecular formula is C74H54F10Ir2N12-8. The topological polar surface area (TPSA) is 118 Å². The molecule has 0 spiro atoms. The van der Waals surface area contributed by atoms with E-state index in [1.807, 2.05) is 106 Å². The summed E-state index contributed by atoms with van der Waals surface area (Å²) in [6.07, 6.45) is -1.80. The number of hydrogen-bond donors (Lipinski definition) is 0. The average molecular weight is 1690 g/mol. The average Bonchev–Trinajstić information content (AvgIpc) is 1.64. The van der Waals surface area contributed by atoms with Crippen LogP contribution in [0.5, 0.6) is 0 Å². The van der Waals surface area contributed by atoms with E-state index in [0.29, 0.717) is 56.0 Å². The van der Waals surface area contributed by atoms with E-state index in [-0.39, 0.29) is 85.7 Å².